The van der Waals surface area contributed by atoms with Crippen LogP contribution in [0.5, 0.6) is 0 Å². The minimum absolute atomic E-state index is 0.0336. The van der Waals surface area contributed by atoms with Gasteiger partial charge in [0.1, 0.15) is 12.0 Å². The summed E-state index contributed by atoms with van der Waals surface area (Å²) in [6.07, 6.45) is 7.36. The second kappa shape index (κ2) is 6.52. The SMILES string of the molecule is Fc1ccc2c3c([nH]c2c1)CCN(C1=CC2NC(N4CCOCC4)=NN2C=C1)C3. The number of aromatic nitrogens is 1. The molecule has 0 bridgehead atoms. The summed E-state index contributed by atoms with van der Waals surface area (Å²) in [7, 11) is 0. The monoisotopic (exact) mass is 394 g/mol. The number of allylic oxidation sites excluding steroid dienone is 1. The van der Waals surface area contributed by atoms with E-state index in [-0.39, 0.29) is 12.0 Å². The Balaban J connectivity index is 1.22. The summed E-state index contributed by atoms with van der Waals surface area (Å²) >= 11 is 0. The van der Waals surface area contributed by atoms with E-state index in [0.29, 0.717) is 0 Å². The Morgan fingerprint density at radius 2 is 2.03 bits per heavy atom. The first-order valence-electron chi connectivity index (χ1n) is 10.1. The van der Waals surface area contributed by atoms with Crippen LogP contribution in [0.1, 0.15) is 11.3 Å². The van der Waals surface area contributed by atoms with Gasteiger partial charge < -0.3 is 24.8 Å². The van der Waals surface area contributed by atoms with Crippen molar-refractivity contribution in [3.63, 3.8) is 0 Å². The minimum atomic E-state index is -0.200. The molecule has 150 valence electrons. The lowest BCUT2D eigenvalue weighted by Gasteiger charge is -2.33. The van der Waals surface area contributed by atoms with Crippen LogP contribution in [-0.4, -0.2) is 64.8 Å². The van der Waals surface area contributed by atoms with Crippen LogP contribution in [0, 0.1) is 5.82 Å². The van der Waals surface area contributed by atoms with Gasteiger partial charge in [-0.2, -0.15) is 0 Å². The number of hydrazone groups is 1. The van der Waals surface area contributed by atoms with Crippen molar-refractivity contribution in [3.05, 3.63) is 59.3 Å². The molecule has 5 heterocycles. The lowest BCUT2D eigenvalue weighted by molar-refractivity contribution is 0.0668. The van der Waals surface area contributed by atoms with Crippen LogP contribution in [0.4, 0.5) is 4.39 Å². The van der Waals surface area contributed by atoms with Crippen LogP contribution in [-0.2, 0) is 17.7 Å². The molecule has 0 aliphatic carbocycles. The molecule has 4 aliphatic rings. The highest BCUT2D eigenvalue weighted by Crippen LogP contribution is 2.31. The number of ether oxygens (including phenoxy) is 1. The van der Waals surface area contributed by atoms with Crippen molar-refractivity contribution in [1.29, 1.82) is 0 Å². The highest BCUT2D eigenvalue weighted by Gasteiger charge is 2.31. The molecule has 0 spiro atoms. The fourth-order valence-corrected chi connectivity index (χ4v) is 4.57. The zero-order valence-electron chi connectivity index (χ0n) is 16.1. The lowest BCUT2D eigenvalue weighted by atomic mass is 10.0. The van der Waals surface area contributed by atoms with E-state index < -0.39 is 0 Å². The molecule has 1 aromatic heterocycles. The van der Waals surface area contributed by atoms with E-state index in [1.807, 2.05) is 17.3 Å². The second-order valence-electron chi connectivity index (χ2n) is 7.84. The Labute approximate surface area is 168 Å². The number of rotatable bonds is 1. The number of morpholine rings is 1. The first-order valence-corrected chi connectivity index (χ1v) is 10.1. The van der Waals surface area contributed by atoms with E-state index in [1.165, 1.54) is 17.0 Å². The smallest absolute Gasteiger partial charge is 0.219 e. The summed E-state index contributed by atoms with van der Waals surface area (Å²) in [5.74, 6) is 0.717. The molecule has 1 fully saturated rings. The Morgan fingerprint density at radius 1 is 1.14 bits per heavy atom. The van der Waals surface area contributed by atoms with Crippen LogP contribution < -0.4 is 5.32 Å². The third kappa shape index (κ3) is 2.86. The number of benzene rings is 1. The van der Waals surface area contributed by atoms with Crippen LogP contribution in [0.15, 0.2) is 47.3 Å². The van der Waals surface area contributed by atoms with E-state index in [9.17, 15) is 4.39 Å². The topological polar surface area (TPSA) is 59.1 Å². The summed E-state index contributed by atoms with van der Waals surface area (Å²) < 4.78 is 19.0. The predicted molar refractivity (Wildman–Crippen MR) is 108 cm³/mol. The average molecular weight is 394 g/mol. The van der Waals surface area contributed by atoms with Crippen LogP contribution in [0.25, 0.3) is 10.9 Å². The normalized spacial score (nSPS) is 23.6. The Morgan fingerprint density at radius 3 is 2.93 bits per heavy atom. The number of nitrogens with zero attached hydrogens (tertiary/aromatic N) is 4. The van der Waals surface area contributed by atoms with Gasteiger partial charge in [-0.05, 0) is 30.4 Å². The van der Waals surface area contributed by atoms with Crippen LogP contribution in [0.2, 0.25) is 0 Å². The van der Waals surface area contributed by atoms with E-state index in [4.69, 9.17) is 9.84 Å². The Bertz CT molecular complexity index is 1050. The maximum absolute atomic E-state index is 13.6. The van der Waals surface area contributed by atoms with Gasteiger partial charge in [0.2, 0.25) is 5.96 Å². The van der Waals surface area contributed by atoms with Crippen molar-refractivity contribution in [2.75, 3.05) is 32.8 Å². The molecule has 4 aliphatic heterocycles. The number of nitrogens with one attached hydrogen (secondary N) is 2. The standard InChI is InChI=1S/C21H23FN6O/c22-14-1-2-16-17-13-27(5-4-18(17)23-19(16)11-14)15-3-6-28-20(12-15)24-21(25-28)26-7-9-29-10-8-26/h1-3,6,11-12,20,23H,4-5,7-10,13H2,(H,24,25). The van der Waals surface area contributed by atoms with Gasteiger partial charge in [-0.15, -0.1) is 5.10 Å². The number of halogens is 1. The first kappa shape index (κ1) is 16.9. The van der Waals surface area contributed by atoms with Gasteiger partial charge in [-0.25, -0.2) is 9.40 Å². The molecule has 1 saturated heterocycles. The molecule has 1 unspecified atom stereocenters. The van der Waals surface area contributed by atoms with Crippen molar-refractivity contribution in [3.8, 4) is 0 Å². The molecule has 0 saturated carbocycles. The van der Waals surface area contributed by atoms with Crippen LogP contribution >= 0.6 is 0 Å². The lowest BCUT2D eigenvalue weighted by Crippen LogP contribution is -2.48. The van der Waals surface area contributed by atoms with E-state index in [0.717, 1.165) is 62.7 Å². The zero-order valence-corrected chi connectivity index (χ0v) is 16.1. The number of fused-ring (bicyclic) bond motifs is 4. The molecule has 1 aromatic carbocycles. The van der Waals surface area contributed by atoms with Gasteiger partial charge in [0.25, 0.3) is 0 Å². The van der Waals surface area contributed by atoms with E-state index >= 15 is 0 Å². The maximum atomic E-state index is 13.6. The molecule has 29 heavy (non-hydrogen) atoms. The van der Waals surface area contributed by atoms with E-state index in [1.54, 1.807) is 12.1 Å². The molecule has 2 N–H and O–H groups in total. The number of hydrogen-bond acceptors (Lipinski definition) is 6. The molecular formula is C21H23FN6O. The summed E-state index contributed by atoms with van der Waals surface area (Å²) in [6, 6.07) is 5.01. The molecule has 0 amide bonds. The highest BCUT2D eigenvalue weighted by atomic mass is 19.1. The van der Waals surface area contributed by atoms with E-state index in [2.05, 4.69) is 32.3 Å². The fraction of sp³-hybridized carbons (Fsp3) is 0.381. The van der Waals surface area contributed by atoms with Crippen molar-refractivity contribution in [2.24, 2.45) is 5.10 Å². The maximum Gasteiger partial charge on any atom is 0.219 e. The number of hydrogen-bond donors (Lipinski definition) is 2. The average Bonchev–Trinajstić information content (AvgIpc) is 3.34. The molecule has 1 atom stereocenters. The second-order valence-corrected chi connectivity index (χ2v) is 7.84. The van der Waals surface area contributed by atoms with Crippen molar-refractivity contribution in [2.45, 2.75) is 19.1 Å². The van der Waals surface area contributed by atoms with Gasteiger partial charge in [0, 0.05) is 66.7 Å². The molecule has 2 aromatic rings. The summed E-state index contributed by atoms with van der Waals surface area (Å²) in [4.78, 5) is 8.03. The zero-order chi connectivity index (χ0) is 19.4. The van der Waals surface area contributed by atoms with Gasteiger partial charge in [-0.3, -0.25) is 0 Å². The van der Waals surface area contributed by atoms with Crippen molar-refractivity contribution < 1.29 is 9.13 Å². The number of aromatic amines is 1. The summed E-state index contributed by atoms with van der Waals surface area (Å²) in [6.45, 7) is 4.97. The number of guanidine groups is 1. The highest BCUT2D eigenvalue weighted by molar-refractivity contribution is 5.85. The van der Waals surface area contributed by atoms with Gasteiger partial charge in [-0.1, -0.05) is 0 Å². The van der Waals surface area contributed by atoms with Crippen molar-refractivity contribution >= 4 is 16.9 Å². The largest absolute Gasteiger partial charge is 0.378 e. The molecule has 7 nitrogen and oxygen atoms in total. The van der Waals surface area contributed by atoms with Crippen LogP contribution in [0.3, 0.4) is 0 Å². The first-order chi connectivity index (χ1) is 14.2. The quantitative estimate of drug-likeness (QED) is 0.774. The minimum Gasteiger partial charge on any atom is -0.378 e. The van der Waals surface area contributed by atoms with Gasteiger partial charge in [0.15, 0.2) is 0 Å². The molecule has 8 heteroatoms. The molecule has 6 rings (SSSR count). The summed E-state index contributed by atoms with van der Waals surface area (Å²) in [5, 5.41) is 11.3. The Hall–Kier alpha value is -3.00. The van der Waals surface area contributed by atoms with Gasteiger partial charge in [0.05, 0.1) is 13.2 Å². The number of H-pyrrole nitrogens is 1. The fourth-order valence-electron chi connectivity index (χ4n) is 4.57. The van der Waals surface area contributed by atoms with Crippen molar-refractivity contribution in [1.82, 2.24) is 25.1 Å². The summed E-state index contributed by atoms with van der Waals surface area (Å²) in [5.41, 5.74) is 4.57. The Kier molecular flexibility index (Phi) is 3.80. The third-order valence-electron chi connectivity index (χ3n) is 6.11. The third-order valence-corrected chi connectivity index (χ3v) is 6.11. The molecular weight excluding hydrogens is 371 g/mol. The molecule has 0 radical (unpaired) electrons. The predicted octanol–water partition coefficient (Wildman–Crippen LogP) is 1.91. The van der Waals surface area contributed by atoms with Gasteiger partial charge >= 0.3 is 0 Å².